The Kier molecular flexibility index (Phi) is 5.80. The number of carbonyl (C=O) groups is 1. The van der Waals surface area contributed by atoms with Crippen molar-refractivity contribution in [2.24, 2.45) is 4.99 Å². The number of benzene rings is 3. The normalized spacial score (nSPS) is 13.1. The molecule has 0 aliphatic carbocycles. The molecule has 5 nitrogen and oxygen atoms in total. The molecular weight excluding hydrogens is 376 g/mol. The Morgan fingerprint density at radius 2 is 1.47 bits per heavy atom. The predicted molar refractivity (Wildman–Crippen MR) is 118 cm³/mol. The van der Waals surface area contributed by atoms with E-state index in [2.05, 4.69) is 41.4 Å². The van der Waals surface area contributed by atoms with Crippen LogP contribution in [-0.4, -0.2) is 30.5 Å². The molecule has 4 rings (SSSR count). The fourth-order valence-corrected chi connectivity index (χ4v) is 3.65. The Labute approximate surface area is 176 Å². The average Bonchev–Trinajstić information content (AvgIpc) is 2.96. The topological polar surface area (TPSA) is 51.1 Å². The Balaban J connectivity index is 1.70. The zero-order valence-electron chi connectivity index (χ0n) is 17.2. The minimum absolute atomic E-state index is 0.338. The number of carbonyl (C=O) groups excluding carboxylic acids is 1. The van der Waals surface area contributed by atoms with E-state index in [1.54, 1.807) is 31.4 Å². The van der Waals surface area contributed by atoms with E-state index in [4.69, 9.17) is 9.47 Å². The molecule has 0 bridgehead atoms. The number of fused-ring (bicyclic) bond motifs is 3. The summed E-state index contributed by atoms with van der Waals surface area (Å²) in [4.78, 5) is 19.2. The van der Waals surface area contributed by atoms with Crippen molar-refractivity contribution in [3.63, 3.8) is 0 Å². The van der Waals surface area contributed by atoms with E-state index in [9.17, 15) is 4.79 Å². The molecule has 0 aromatic heterocycles. The molecule has 0 atom stereocenters. The molecule has 1 aliphatic heterocycles. The van der Waals surface area contributed by atoms with Crippen LogP contribution in [0.5, 0.6) is 5.75 Å². The number of ether oxygens (including phenoxy) is 2. The van der Waals surface area contributed by atoms with Crippen molar-refractivity contribution in [1.29, 1.82) is 0 Å². The van der Waals surface area contributed by atoms with Gasteiger partial charge in [-0.15, -0.1) is 0 Å². The molecule has 1 aliphatic rings. The second-order valence-corrected chi connectivity index (χ2v) is 7.03. The van der Waals surface area contributed by atoms with Crippen molar-refractivity contribution in [1.82, 2.24) is 4.90 Å². The van der Waals surface area contributed by atoms with E-state index >= 15 is 0 Å². The van der Waals surface area contributed by atoms with Gasteiger partial charge in [0.1, 0.15) is 5.75 Å². The number of amides is 1. The quantitative estimate of drug-likeness (QED) is 0.463. The van der Waals surface area contributed by atoms with E-state index in [1.807, 2.05) is 24.0 Å². The van der Waals surface area contributed by atoms with Gasteiger partial charge in [0.25, 0.3) is 11.9 Å². The summed E-state index contributed by atoms with van der Waals surface area (Å²) < 4.78 is 11.0. The molecular formula is C25H24N2O3. The summed E-state index contributed by atoms with van der Waals surface area (Å²) in [6.07, 6.45) is 0. The molecule has 1 amide bonds. The van der Waals surface area contributed by atoms with E-state index in [0.29, 0.717) is 37.0 Å². The fourth-order valence-electron chi connectivity index (χ4n) is 3.65. The van der Waals surface area contributed by atoms with Gasteiger partial charge in [-0.25, -0.2) is 0 Å². The monoisotopic (exact) mass is 400 g/mol. The van der Waals surface area contributed by atoms with Crippen molar-refractivity contribution >= 4 is 11.9 Å². The van der Waals surface area contributed by atoms with Crippen LogP contribution in [0.25, 0.3) is 11.1 Å². The highest BCUT2D eigenvalue weighted by Gasteiger charge is 2.23. The van der Waals surface area contributed by atoms with Gasteiger partial charge in [-0.05, 0) is 53.4 Å². The maximum Gasteiger partial charge on any atom is 0.296 e. The highest BCUT2D eigenvalue weighted by Crippen LogP contribution is 2.32. The lowest BCUT2D eigenvalue weighted by Crippen LogP contribution is -2.32. The Morgan fingerprint density at radius 3 is 2.00 bits per heavy atom. The van der Waals surface area contributed by atoms with Crippen LogP contribution in [0.1, 0.15) is 28.4 Å². The standard InChI is InChI=1S/C25H24N2O3/c1-3-30-25(26-24(28)18-12-14-21(29-2)15-13-18)27-16-19-8-4-6-10-22(19)23-11-7-5-9-20(23)17-27/h4-15H,3,16-17H2,1-2H3. The van der Waals surface area contributed by atoms with Gasteiger partial charge in [-0.3, -0.25) is 4.79 Å². The Morgan fingerprint density at radius 1 is 0.900 bits per heavy atom. The van der Waals surface area contributed by atoms with Crippen LogP contribution in [0.2, 0.25) is 0 Å². The average molecular weight is 400 g/mol. The van der Waals surface area contributed by atoms with Gasteiger partial charge in [-0.1, -0.05) is 48.5 Å². The van der Waals surface area contributed by atoms with Crippen LogP contribution in [0, 0.1) is 0 Å². The smallest absolute Gasteiger partial charge is 0.296 e. The molecule has 0 fully saturated rings. The summed E-state index contributed by atoms with van der Waals surface area (Å²) in [6, 6.07) is 23.9. The largest absolute Gasteiger partial charge is 0.497 e. The number of rotatable bonds is 3. The molecule has 0 N–H and O–H groups in total. The van der Waals surface area contributed by atoms with Crippen molar-refractivity contribution in [2.75, 3.05) is 13.7 Å². The minimum atomic E-state index is -0.341. The van der Waals surface area contributed by atoms with Crippen LogP contribution >= 0.6 is 0 Å². The van der Waals surface area contributed by atoms with Crippen LogP contribution < -0.4 is 4.74 Å². The fraction of sp³-hybridized carbons (Fsp3) is 0.200. The summed E-state index contributed by atoms with van der Waals surface area (Å²) in [7, 11) is 1.59. The second kappa shape index (κ2) is 8.82. The van der Waals surface area contributed by atoms with Crippen LogP contribution in [0.3, 0.4) is 0 Å². The van der Waals surface area contributed by atoms with Crippen molar-refractivity contribution in [3.8, 4) is 16.9 Å². The Bertz CT molecular complexity index is 1030. The first-order chi connectivity index (χ1) is 14.7. The molecule has 0 radical (unpaired) electrons. The molecule has 0 saturated heterocycles. The highest BCUT2D eigenvalue weighted by molar-refractivity contribution is 6.01. The van der Waals surface area contributed by atoms with Gasteiger partial charge < -0.3 is 14.4 Å². The molecule has 3 aromatic rings. The van der Waals surface area contributed by atoms with Crippen molar-refractivity contribution in [2.45, 2.75) is 20.0 Å². The molecule has 3 aromatic carbocycles. The maximum atomic E-state index is 12.8. The third kappa shape index (κ3) is 4.06. The van der Waals surface area contributed by atoms with Gasteiger partial charge in [0.2, 0.25) is 0 Å². The number of hydrogen-bond acceptors (Lipinski definition) is 3. The third-order valence-electron chi connectivity index (χ3n) is 5.13. The first-order valence-corrected chi connectivity index (χ1v) is 10.0. The lowest BCUT2D eigenvalue weighted by atomic mass is 9.97. The zero-order chi connectivity index (χ0) is 20.9. The SMILES string of the molecule is CCOC(=NC(=O)c1ccc(OC)cc1)N1Cc2ccccc2-c2ccccc2C1. The Hall–Kier alpha value is -3.60. The number of aliphatic imine (C=N–C) groups is 1. The first-order valence-electron chi connectivity index (χ1n) is 10.0. The summed E-state index contributed by atoms with van der Waals surface area (Å²) >= 11 is 0. The van der Waals surface area contributed by atoms with Crippen molar-refractivity contribution < 1.29 is 14.3 Å². The van der Waals surface area contributed by atoms with Gasteiger partial charge in [-0.2, -0.15) is 4.99 Å². The molecule has 30 heavy (non-hydrogen) atoms. The first kappa shape index (κ1) is 19.7. The minimum Gasteiger partial charge on any atom is -0.497 e. The van der Waals surface area contributed by atoms with E-state index in [1.165, 1.54) is 22.3 Å². The summed E-state index contributed by atoms with van der Waals surface area (Å²) in [5.41, 5.74) is 5.24. The zero-order valence-corrected chi connectivity index (χ0v) is 17.2. The molecule has 152 valence electrons. The van der Waals surface area contributed by atoms with Gasteiger partial charge >= 0.3 is 0 Å². The van der Waals surface area contributed by atoms with E-state index < -0.39 is 0 Å². The van der Waals surface area contributed by atoms with E-state index in [0.717, 1.165) is 0 Å². The van der Waals surface area contributed by atoms with Crippen LogP contribution in [-0.2, 0) is 17.8 Å². The number of nitrogens with zero attached hydrogens (tertiary/aromatic N) is 2. The molecule has 0 unspecified atom stereocenters. The van der Waals surface area contributed by atoms with Crippen molar-refractivity contribution in [3.05, 3.63) is 89.5 Å². The van der Waals surface area contributed by atoms with Gasteiger partial charge in [0.15, 0.2) is 0 Å². The summed E-state index contributed by atoms with van der Waals surface area (Å²) in [5.74, 6) is 0.355. The summed E-state index contributed by atoms with van der Waals surface area (Å²) in [6.45, 7) is 3.54. The number of methoxy groups -OCH3 is 1. The summed E-state index contributed by atoms with van der Waals surface area (Å²) in [5, 5.41) is 0. The lowest BCUT2D eigenvalue weighted by Gasteiger charge is -2.24. The van der Waals surface area contributed by atoms with Gasteiger partial charge in [0, 0.05) is 18.7 Å². The molecule has 0 spiro atoms. The maximum absolute atomic E-state index is 12.8. The molecule has 5 heteroatoms. The van der Waals surface area contributed by atoms with Crippen LogP contribution in [0.4, 0.5) is 0 Å². The predicted octanol–water partition coefficient (Wildman–Crippen LogP) is 4.91. The lowest BCUT2D eigenvalue weighted by molar-refractivity contribution is 0.0993. The van der Waals surface area contributed by atoms with Gasteiger partial charge in [0.05, 0.1) is 13.7 Å². The number of amidine groups is 1. The third-order valence-corrected chi connectivity index (χ3v) is 5.13. The van der Waals surface area contributed by atoms with E-state index in [-0.39, 0.29) is 5.91 Å². The molecule has 0 saturated carbocycles. The second-order valence-electron chi connectivity index (χ2n) is 7.03. The van der Waals surface area contributed by atoms with Crippen LogP contribution in [0.15, 0.2) is 77.8 Å². The number of hydrogen-bond donors (Lipinski definition) is 0. The highest BCUT2D eigenvalue weighted by atomic mass is 16.5. The molecule has 1 heterocycles.